The molecule has 140 valence electrons. The summed E-state index contributed by atoms with van der Waals surface area (Å²) in [6, 6.07) is 11.6. The Labute approximate surface area is 170 Å². The fraction of sp³-hybridized carbons (Fsp3) is 0. The van der Waals surface area contributed by atoms with E-state index >= 15 is 0 Å². The molecule has 0 aromatic carbocycles. The zero-order valence-electron chi connectivity index (χ0n) is 15.3. The molecule has 5 rings (SSSR count). The lowest BCUT2D eigenvalue weighted by molar-refractivity contribution is 1.29. The maximum atomic E-state index is 8.77. The fourth-order valence-electron chi connectivity index (χ4n) is 3.34. The second-order valence-electron chi connectivity index (χ2n) is 6.58. The van der Waals surface area contributed by atoms with E-state index in [1.54, 1.807) is 36.1 Å². The van der Waals surface area contributed by atoms with Crippen molar-refractivity contribution in [2.75, 3.05) is 5.73 Å². The second kappa shape index (κ2) is 6.96. The molecule has 0 aliphatic rings. The average molecular weight is 396 g/mol. The number of aromatic amines is 1. The topological polar surface area (TPSA) is 104 Å². The molecule has 29 heavy (non-hydrogen) atoms. The zero-order valence-corrected chi connectivity index (χ0v) is 16.1. The van der Waals surface area contributed by atoms with Gasteiger partial charge in [-0.25, -0.2) is 4.98 Å². The molecule has 0 amide bonds. The van der Waals surface area contributed by atoms with Gasteiger partial charge in [0.15, 0.2) is 0 Å². The quantitative estimate of drug-likeness (QED) is 0.381. The zero-order chi connectivity index (χ0) is 19.8. The van der Waals surface area contributed by atoms with Gasteiger partial charge in [0.05, 0.1) is 17.1 Å². The highest BCUT2D eigenvalue weighted by Gasteiger charge is 2.16. The predicted molar refractivity (Wildman–Crippen MR) is 117 cm³/mol. The van der Waals surface area contributed by atoms with E-state index in [0.29, 0.717) is 22.8 Å². The molecule has 7 heteroatoms. The summed E-state index contributed by atoms with van der Waals surface area (Å²) in [5.41, 5.74) is 12.4. The molecule has 6 nitrogen and oxygen atoms in total. The third-order valence-electron chi connectivity index (χ3n) is 4.81. The number of aromatic nitrogens is 4. The van der Waals surface area contributed by atoms with Crippen LogP contribution in [0.4, 0.5) is 5.82 Å². The van der Waals surface area contributed by atoms with Gasteiger partial charge in [-0.3, -0.25) is 15.4 Å². The third-order valence-corrected chi connectivity index (χ3v) is 5.50. The molecule has 5 aromatic heterocycles. The summed E-state index contributed by atoms with van der Waals surface area (Å²) in [6.07, 6.45) is 6.95. The summed E-state index contributed by atoms with van der Waals surface area (Å²) in [4.78, 5) is 16.2. The number of nitrogens with two attached hydrogens (primary N) is 1. The van der Waals surface area contributed by atoms with Gasteiger partial charge in [0, 0.05) is 57.8 Å². The Morgan fingerprint density at radius 1 is 0.966 bits per heavy atom. The van der Waals surface area contributed by atoms with E-state index in [4.69, 9.17) is 11.1 Å². The van der Waals surface area contributed by atoms with Crippen LogP contribution in [0.15, 0.2) is 71.9 Å². The molecule has 0 aliphatic heterocycles. The first-order chi connectivity index (χ1) is 14.2. The summed E-state index contributed by atoms with van der Waals surface area (Å²) in [5.74, 6) is 0.322. The van der Waals surface area contributed by atoms with Crippen LogP contribution in [0.1, 0.15) is 11.3 Å². The molecule has 5 heterocycles. The number of rotatable bonds is 4. The maximum Gasteiger partial charge on any atom is 0.132 e. The van der Waals surface area contributed by atoms with Crippen LogP contribution in [0.5, 0.6) is 0 Å². The first-order valence-corrected chi connectivity index (χ1v) is 9.90. The van der Waals surface area contributed by atoms with E-state index in [2.05, 4.69) is 25.3 Å². The second-order valence-corrected chi connectivity index (χ2v) is 7.36. The number of H-pyrrole nitrogens is 1. The highest BCUT2D eigenvalue weighted by atomic mass is 32.1. The number of nitrogens with zero attached hydrogens (tertiary/aromatic N) is 3. The van der Waals surface area contributed by atoms with E-state index in [9.17, 15) is 0 Å². The minimum Gasteiger partial charge on any atom is -0.383 e. The molecule has 0 fully saturated rings. The lowest BCUT2D eigenvalue weighted by atomic mass is 10.0. The SMILES string of the molecule is N=C(c1cc2c(-c3ccsc3)nccc2[nH]1)c1cc(-c2ccncc2)cnc1N. The number of hydrogen-bond acceptors (Lipinski definition) is 6. The first-order valence-electron chi connectivity index (χ1n) is 8.96. The molecule has 0 atom stereocenters. The van der Waals surface area contributed by atoms with Crippen LogP contribution < -0.4 is 5.73 Å². The molecule has 0 saturated heterocycles. The fourth-order valence-corrected chi connectivity index (χ4v) is 3.98. The number of nitrogen functional groups attached to an aromatic ring is 1. The van der Waals surface area contributed by atoms with E-state index < -0.39 is 0 Å². The monoisotopic (exact) mass is 396 g/mol. The van der Waals surface area contributed by atoms with Gasteiger partial charge in [0.2, 0.25) is 0 Å². The van der Waals surface area contributed by atoms with Gasteiger partial charge in [0.1, 0.15) is 5.82 Å². The van der Waals surface area contributed by atoms with Crippen LogP contribution in [0.25, 0.3) is 33.3 Å². The smallest absolute Gasteiger partial charge is 0.132 e. The number of fused-ring (bicyclic) bond motifs is 1. The average Bonchev–Trinajstić information content (AvgIpc) is 3.44. The Bertz CT molecular complexity index is 1320. The van der Waals surface area contributed by atoms with Crippen LogP contribution in [0.2, 0.25) is 0 Å². The number of hydrogen-bond donors (Lipinski definition) is 3. The van der Waals surface area contributed by atoms with Gasteiger partial charge in [-0.15, -0.1) is 0 Å². The highest BCUT2D eigenvalue weighted by molar-refractivity contribution is 7.08. The van der Waals surface area contributed by atoms with Gasteiger partial charge in [0.25, 0.3) is 0 Å². The van der Waals surface area contributed by atoms with Crippen molar-refractivity contribution in [2.24, 2.45) is 0 Å². The molecule has 0 spiro atoms. The van der Waals surface area contributed by atoms with Crippen LogP contribution in [-0.2, 0) is 0 Å². The summed E-state index contributed by atoms with van der Waals surface area (Å²) in [5, 5.41) is 13.8. The van der Waals surface area contributed by atoms with Crippen molar-refractivity contribution in [1.82, 2.24) is 19.9 Å². The maximum absolute atomic E-state index is 8.77. The molecule has 0 unspecified atom stereocenters. The predicted octanol–water partition coefficient (Wildman–Crippen LogP) is 4.75. The summed E-state index contributed by atoms with van der Waals surface area (Å²) < 4.78 is 0. The Morgan fingerprint density at radius 3 is 2.62 bits per heavy atom. The van der Waals surface area contributed by atoms with Crippen LogP contribution in [0.3, 0.4) is 0 Å². The van der Waals surface area contributed by atoms with Gasteiger partial charge in [-0.2, -0.15) is 11.3 Å². The largest absolute Gasteiger partial charge is 0.383 e. The Balaban J connectivity index is 1.59. The van der Waals surface area contributed by atoms with E-state index in [0.717, 1.165) is 33.3 Å². The van der Waals surface area contributed by atoms with Crippen molar-refractivity contribution in [3.63, 3.8) is 0 Å². The molecule has 5 aromatic rings. The molecule has 0 bridgehead atoms. The Kier molecular flexibility index (Phi) is 4.14. The van der Waals surface area contributed by atoms with Crippen LogP contribution in [-0.4, -0.2) is 25.6 Å². The van der Waals surface area contributed by atoms with E-state index in [1.807, 2.05) is 41.8 Å². The lowest BCUT2D eigenvalue weighted by Gasteiger charge is -2.08. The highest BCUT2D eigenvalue weighted by Crippen LogP contribution is 2.30. The summed E-state index contributed by atoms with van der Waals surface area (Å²) >= 11 is 1.63. The minimum absolute atomic E-state index is 0.290. The molecular weight excluding hydrogens is 380 g/mol. The Morgan fingerprint density at radius 2 is 1.83 bits per heavy atom. The van der Waals surface area contributed by atoms with Crippen molar-refractivity contribution >= 4 is 33.8 Å². The van der Waals surface area contributed by atoms with Crippen molar-refractivity contribution in [1.29, 1.82) is 5.41 Å². The van der Waals surface area contributed by atoms with E-state index in [1.165, 1.54) is 0 Å². The molecule has 0 aliphatic carbocycles. The summed E-state index contributed by atoms with van der Waals surface area (Å²) in [7, 11) is 0. The van der Waals surface area contributed by atoms with Crippen LogP contribution in [0, 0.1) is 5.41 Å². The van der Waals surface area contributed by atoms with Crippen molar-refractivity contribution in [3.8, 4) is 22.4 Å². The van der Waals surface area contributed by atoms with Gasteiger partial charge >= 0.3 is 0 Å². The van der Waals surface area contributed by atoms with Crippen LogP contribution >= 0.6 is 11.3 Å². The third kappa shape index (κ3) is 3.07. The number of anilines is 1. The Hall–Kier alpha value is -3.84. The summed E-state index contributed by atoms with van der Waals surface area (Å²) in [6.45, 7) is 0. The van der Waals surface area contributed by atoms with Crippen molar-refractivity contribution in [3.05, 3.63) is 83.2 Å². The van der Waals surface area contributed by atoms with Gasteiger partial charge in [-0.05, 0) is 47.3 Å². The van der Waals surface area contributed by atoms with Gasteiger partial charge < -0.3 is 10.7 Å². The van der Waals surface area contributed by atoms with Gasteiger partial charge in [-0.1, -0.05) is 0 Å². The van der Waals surface area contributed by atoms with E-state index in [-0.39, 0.29) is 0 Å². The number of nitrogens with one attached hydrogen (secondary N) is 2. The lowest BCUT2D eigenvalue weighted by Crippen LogP contribution is -2.07. The van der Waals surface area contributed by atoms with Crippen molar-refractivity contribution in [2.45, 2.75) is 0 Å². The molecule has 0 radical (unpaired) electrons. The standard InChI is InChI=1S/C22H16N6S/c23-20(17-9-15(11-27-22(17)24)13-1-5-25-6-2-13)19-10-16-18(28-19)3-7-26-21(16)14-4-8-29-12-14/h1-12,23,28H,(H2,24,27). The van der Waals surface area contributed by atoms with Crippen molar-refractivity contribution < 1.29 is 0 Å². The first kappa shape index (κ1) is 17.3. The number of pyridine rings is 3. The molecule has 0 saturated carbocycles. The molecular formula is C22H16N6S. The normalized spacial score (nSPS) is 11.0. The molecule has 4 N–H and O–H groups in total. The minimum atomic E-state index is 0.290. The number of thiophene rings is 1.